The van der Waals surface area contributed by atoms with Gasteiger partial charge in [-0.05, 0) is 15.9 Å². The van der Waals surface area contributed by atoms with E-state index in [-0.39, 0.29) is 6.42 Å². The second-order valence-electron chi connectivity index (χ2n) is 1.86. The highest BCUT2D eigenvalue weighted by molar-refractivity contribution is 9.10. The van der Waals surface area contributed by atoms with Crippen molar-refractivity contribution in [2.24, 2.45) is 0 Å². The number of halogens is 5. The molecule has 0 radical (unpaired) electrons. The van der Waals surface area contributed by atoms with E-state index in [1.807, 2.05) is 0 Å². The van der Waals surface area contributed by atoms with Crippen LogP contribution in [0.3, 0.4) is 0 Å². The monoisotopic (exact) mass is 249 g/mol. The maximum atomic E-state index is 12.6. The van der Waals surface area contributed by atoms with Crippen molar-refractivity contribution < 1.29 is 13.2 Å². The van der Waals surface area contributed by atoms with Crippen LogP contribution in [0.1, 0.15) is 12.8 Å². The zero-order valence-electron chi connectivity index (χ0n) is 5.25. The van der Waals surface area contributed by atoms with Crippen LogP contribution in [0.4, 0.5) is 13.2 Å². The second-order valence-corrected chi connectivity index (χ2v) is 3.46. The molecule has 1 unspecified atom stereocenters. The molecule has 0 saturated carbocycles. The van der Waals surface area contributed by atoms with Crippen molar-refractivity contribution in [3.63, 3.8) is 0 Å². The van der Waals surface area contributed by atoms with Crippen LogP contribution < -0.4 is 0 Å². The van der Waals surface area contributed by atoms with E-state index in [4.69, 9.17) is 16.9 Å². The largest absolute Gasteiger partial charge is 0.348 e. The number of hydrogen-bond acceptors (Lipinski definition) is 1. The minimum Gasteiger partial charge on any atom is -0.218 e. The number of nitrogens with zero attached hydrogens (tertiary/aromatic N) is 1. The van der Waals surface area contributed by atoms with E-state index in [9.17, 15) is 13.2 Å². The number of alkyl halides is 5. The molecular weight excluding hydrogens is 246 g/mol. The molecule has 0 aliphatic heterocycles. The van der Waals surface area contributed by atoms with Crippen LogP contribution in [0.2, 0.25) is 0 Å². The number of nitriles is 1. The van der Waals surface area contributed by atoms with E-state index in [1.54, 1.807) is 15.9 Å². The average Bonchev–Trinajstić information content (AvgIpc) is 1.81. The van der Waals surface area contributed by atoms with Crippen LogP contribution in [0.5, 0.6) is 0 Å². The summed E-state index contributed by atoms with van der Waals surface area (Å²) in [5.74, 6) is 0. The number of rotatable bonds is 3. The Morgan fingerprint density at radius 1 is 1.45 bits per heavy atom. The van der Waals surface area contributed by atoms with E-state index >= 15 is 0 Å². The fraction of sp³-hybridized carbons (Fsp3) is 0.800. The van der Waals surface area contributed by atoms with E-state index < -0.39 is 16.4 Å². The van der Waals surface area contributed by atoms with Crippen molar-refractivity contribution in [1.29, 1.82) is 5.26 Å². The molecule has 0 bridgehead atoms. The lowest BCUT2D eigenvalue weighted by molar-refractivity contribution is -0.00866. The molecule has 0 rings (SSSR count). The molecule has 0 spiro atoms. The molecule has 0 aromatic heterocycles. The summed E-state index contributed by atoms with van der Waals surface area (Å²) >= 11 is 6.56. The predicted molar refractivity (Wildman–Crippen MR) is 38.4 cm³/mol. The van der Waals surface area contributed by atoms with Crippen molar-refractivity contribution >= 4 is 27.5 Å². The molecular formula is C5H4BrClF3N. The van der Waals surface area contributed by atoms with Crippen LogP contribution >= 0.6 is 27.5 Å². The SMILES string of the molecule is N#CCCC(F)(Cl)C(F)(F)Br. The molecule has 0 aromatic carbocycles. The van der Waals surface area contributed by atoms with Crippen molar-refractivity contribution in [2.75, 3.05) is 0 Å². The van der Waals surface area contributed by atoms with Gasteiger partial charge >= 0.3 is 4.83 Å². The molecule has 0 saturated heterocycles. The first-order valence-electron chi connectivity index (χ1n) is 2.63. The zero-order valence-corrected chi connectivity index (χ0v) is 7.59. The Morgan fingerprint density at radius 2 is 1.91 bits per heavy atom. The minimum absolute atomic E-state index is 0.346. The normalized spacial score (nSPS) is 17.1. The molecule has 0 amide bonds. The van der Waals surface area contributed by atoms with Gasteiger partial charge in [0.2, 0.25) is 0 Å². The molecule has 0 aliphatic rings. The second kappa shape index (κ2) is 3.63. The van der Waals surface area contributed by atoms with E-state index in [0.29, 0.717) is 0 Å². The molecule has 6 heteroatoms. The Balaban J connectivity index is 4.13. The van der Waals surface area contributed by atoms with E-state index in [2.05, 4.69) is 0 Å². The lowest BCUT2D eigenvalue weighted by Crippen LogP contribution is -2.33. The van der Waals surface area contributed by atoms with Crippen LogP contribution in [-0.2, 0) is 0 Å². The highest BCUT2D eigenvalue weighted by Crippen LogP contribution is 2.44. The van der Waals surface area contributed by atoms with Crippen molar-refractivity contribution in [2.45, 2.75) is 22.8 Å². The van der Waals surface area contributed by atoms with Crippen LogP contribution in [0.25, 0.3) is 0 Å². The van der Waals surface area contributed by atoms with E-state index in [1.165, 1.54) is 6.07 Å². The summed E-state index contributed by atoms with van der Waals surface area (Å²) in [6, 6.07) is 1.52. The summed E-state index contributed by atoms with van der Waals surface area (Å²) in [6.45, 7) is 0. The summed E-state index contributed by atoms with van der Waals surface area (Å²) < 4.78 is 36.8. The lowest BCUT2D eigenvalue weighted by Gasteiger charge is -2.21. The van der Waals surface area contributed by atoms with Crippen LogP contribution in [0.15, 0.2) is 0 Å². The van der Waals surface area contributed by atoms with Gasteiger partial charge in [0.05, 0.1) is 6.07 Å². The number of hydrogen-bond donors (Lipinski definition) is 0. The maximum absolute atomic E-state index is 12.6. The van der Waals surface area contributed by atoms with Gasteiger partial charge in [-0.2, -0.15) is 14.0 Å². The zero-order chi connectivity index (χ0) is 9.12. The Morgan fingerprint density at radius 3 is 2.18 bits per heavy atom. The van der Waals surface area contributed by atoms with Gasteiger partial charge in [-0.15, -0.1) is 0 Å². The Hall–Kier alpha value is 0.0500. The molecule has 0 aliphatic carbocycles. The molecule has 0 N–H and O–H groups in total. The first kappa shape index (κ1) is 11.1. The van der Waals surface area contributed by atoms with Gasteiger partial charge in [-0.3, -0.25) is 0 Å². The molecule has 11 heavy (non-hydrogen) atoms. The highest BCUT2D eigenvalue weighted by atomic mass is 79.9. The minimum atomic E-state index is -3.79. The lowest BCUT2D eigenvalue weighted by atomic mass is 10.2. The summed E-state index contributed by atoms with van der Waals surface area (Å²) in [5.41, 5.74) is 0. The van der Waals surface area contributed by atoms with Crippen LogP contribution in [0, 0.1) is 11.3 Å². The third-order valence-electron chi connectivity index (χ3n) is 0.966. The third-order valence-corrected chi connectivity index (χ3v) is 2.25. The summed E-state index contributed by atoms with van der Waals surface area (Å²) in [7, 11) is 0. The average molecular weight is 250 g/mol. The Labute approximate surface area is 75.3 Å². The fourth-order valence-electron chi connectivity index (χ4n) is 0.355. The van der Waals surface area contributed by atoms with Crippen molar-refractivity contribution in [3.8, 4) is 6.07 Å². The third kappa shape index (κ3) is 3.30. The van der Waals surface area contributed by atoms with Gasteiger partial charge in [0.25, 0.3) is 5.13 Å². The van der Waals surface area contributed by atoms with Gasteiger partial charge in [0.15, 0.2) is 0 Å². The van der Waals surface area contributed by atoms with Gasteiger partial charge < -0.3 is 0 Å². The van der Waals surface area contributed by atoms with E-state index in [0.717, 1.165) is 0 Å². The van der Waals surface area contributed by atoms with Gasteiger partial charge in [0.1, 0.15) is 0 Å². The fourth-order valence-corrected chi connectivity index (χ4v) is 0.647. The smallest absolute Gasteiger partial charge is 0.218 e. The van der Waals surface area contributed by atoms with Crippen molar-refractivity contribution in [1.82, 2.24) is 0 Å². The molecule has 64 valence electrons. The quantitative estimate of drug-likeness (QED) is 0.706. The maximum Gasteiger partial charge on any atom is 0.348 e. The van der Waals surface area contributed by atoms with Gasteiger partial charge in [-0.25, -0.2) is 4.39 Å². The molecule has 1 atom stereocenters. The predicted octanol–water partition coefficient (Wildman–Crippen LogP) is 3.18. The summed E-state index contributed by atoms with van der Waals surface area (Å²) in [6.07, 6.45) is -1.05. The molecule has 1 nitrogen and oxygen atoms in total. The molecule has 0 heterocycles. The van der Waals surface area contributed by atoms with Gasteiger partial charge in [-0.1, -0.05) is 11.6 Å². The first-order valence-corrected chi connectivity index (χ1v) is 3.80. The standard InChI is InChI=1S/C5H4BrClF3N/c6-5(9,10)4(7,8)2-1-3-11/h1-2H2. The van der Waals surface area contributed by atoms with Crippen molar-refractivity contribution in [3.05, 3.63) is 0 Å². The molecule has 0 fully saturated rings. The van der Waals surface area contributed by atoms with Gasteiger partial charge in [0, 0.05) is 12.8 Å². The highest BCUT2D eigenvalue weighted by Gasteiger charge is 2.51. The summed E-state index contributed by atoms with van der Waals surface area (Å²) in [5, 5.41) is 4.78. The Kier molecular flexibility index (Phi) is 3.65. The molecule has 0 aromatic rings. The first-order chi connectivity index (χ1) is 4.81. The topological polar surface area (TPSA) is 23.8 Å². The van der Waals surface area contributed by atoms with Crippen LogP contribution in [-0.4, -0.2) is 9.96 Å². The summed E-state index contributed by atoms with van der Waals surface area (Å²) in [4.78, 5) is -3.79. The Bertz CT molecular complexity index is 172.